The zero-order valence-corrected chi connectivity index (χ0v) is 20.0. The smallest absolute Gasteiger partial charge is 0.341 e. The van der Waals surface area contributed by atoms with E-state index in [1.54, 1.807) is 11.8 Å². The van der Waals surface area contributed by atoms with Gasteiger partial charge in [0.25, 0.3) is 0 Å². The molecule has 2 atom stereocenters. The number of nitrogens with zero attached hydrogens (tertiary/aromatic N) is 1. The van der Waals surface area contributed by atoms with Crippen LogP contribution >= 0.6 is 0 Å². The lowest BCUT2D eigenvalue weighted by molar-refractivity contribution is -0.141. The molecule has 2 spiro atoms. The number of amides is 1. The van der Waals surface area contributed by atoms with Gasteiger partial charge in [-0.1, -0.05) is 19.8 Å². The van der Waals surface area contributed by atoms with Gasteiger partial charge in [-0.05, 0) is 56.2 Å². The first-order valence-electron chi connectivity index (χ1n) is 12.6. The van der Waals surface area contributed by atoms with Crippen molar-refractivity contribution in [3.63, 3.8) is 0 Å². The van der Waals surface area contributed by atoms with Gasteiger partial charge in [-0.3, -0.25) is 9.59 Å². The third kappa shape index (κ3) is 2.68. The summed E-state index contributed by atoms with van der Waals surface area (Å²) in [5, 5.41) is 0. The van der Waals surface area contributed by atoms with E-state index in [4.69, 9.17) is 15.2 Å². The summed E-state index contributed by atoms with van der Waals surface area (Å²) < 4.78 is 26.4. The summed E-state index contributed by atoms with van der Waals surface area (Å²) in [6.07, 6.45) is 5.48. The van der Waals surface area contributed by atoms with Crippen LogP contribution in [-0.2, 0) is 29.3 Å². The number of rotatable bonds is 2. The molecule has 1 amide bonds. The highest BCUT2D eigenvalue weighted by atomic mass is 19.1. The lowest BCUT2D eigenvalue weighted by Crippen LogP contribution is -2.58. The van der Waals surface area contributed by atoms with E-state index >= 15 is 4.39 Å². The van der Waals surface area contributed by atoms with Crippen LogP contribution in [0.2, 0.25) is 0 Å². The van der Waals surface area contributed by atoms with Gasteiger partial charge in [0.2, 0.25) is 11.8 Å². The van der Waals surface area contributed by atoms with Crippen LogP contribution in [0.25, 0.3) is 0 Å². The molecular weight excluding hydrogens is 451 g/mol. The summed E-state index contributed by atoms with van der Waals surface area (Å²) >= 11 is 0. The van der Waals surface area contributed by atoms with Crippen molar-refractivity contribution in [3.05, 3.63) is 51.9 Å². The molecule has 7 nitrogen and oxygen atoms in total. The molecule has 0 radical (unpaired) electrons. The Balaban J connectivity index is 1.74. The third-order valence-corrected chi connectivity index (χ3v) is 8.56. The first-order valence-corrected chi connectivity index (χ1v) is 12.6. The Morgan fingerprint density at radius 3 is 2.69 bits per heavy atom. The van der Waals surface area contributed by atoms with Crippen LogP contribution < -0.4 is 10.6 Å². The van der Waals surface area contributed by atoms with Crippen molar-refractivity contribution in [2.75, 3.05) is 11.5 Å². The molecule has 6 rings (SSSR count). The SMILES string of the molecule is CCOC(=O)C1=C(N)OC2=C(C(=O)CCC2)[C@]12C(=O)N1c3c(cc(F)cc32)[C@@H](C)CC12CCCC2. The molecule has 0 unspecified atom stereocenters. The molecule has 1 aromatic carbocycles. The maximum absolute atomic E-state index is 15.2. The Bertz CT molecular complexity index is 1260. The molecule has 35 heavy (non-hydrogen) atoms. The number of ether oxygens (including phenoxy) is 2. The van der Waals surface area contributed by atoms with E-state index < -0.39 is 28.6 Å². The molecule has 5 aliphatic rings. The van der Waals surface area contributed by atoms with Crippen LogP contribution in [0, 0.1) is 5.82 Å². The zero-order valence-electron chi connectivity index (χ0n) is 20.0. The second-order valence-electron chi connectivity index (χ2n) is 10.5. The second-order valence-corrected chi connectivity index (χ2v) is 10.5. The van der Waals surface area contributed by atoms with E-state index in [1.807, 2.05) is 0 Å². The van der Waals surface area contributed by atoms with Crippen LogP contribution in [0.4, 0.5) is 10.1 Å². The minimum absolute atomic E-state index is 0.0134. The van der Waals surface area contributed by atoms with Gasteiger partial charge < -0.3 is 20.1 Å². The molecule has 2 N–H and O–H groups in total. The first kappa shape index (κ1) is 22.3. The summed E-state index contributed by atoms with van der Waals surface area (Å²) in [6, 6.07) is 2.79. The number of esters is 1. The molecule has 1 aromatic rings. The average Bonchev–Trinajstić information content (AvgIpc) is 3.35. The van der Waals surface area contributed by atoms with Crippen LogP contribution in [0.3, 0.4) is 0 Å². The molecule has 0 aromatic heterocycles. The normalized spacial score (nSPS) is 28.5. The van der Waals surface area contributed by atoms with E-state index in [1.165, 1.54) is 12.1 Å². The number of halogens is 1. The standard InChI is InChI=1S/C27H29FN2O5/c1-3-34-24(32)21-23(29)35-19-8-6-7-18(31)20(19)27(21)17-12-15(28)11-16-14(2)13-26(9-4-5-10-26)30(22(16)17)25(27)33/h11-12,14H,3-10,13,29H2,1-2H3/t14-,27-/m0/s1. The lowest BCUT2D eigenvalue weighted by atomic mass is 9.64. The van der Waals surface area contributed by atoms with Gasteiger partial charge in [-0.25, -0.2) is 9.18 Å². The minimum atomic E-state index is -1.87. The van der Waals surface area contributed by atoms with Crippen molar-refractivity contribution >= 4 is 23.3 Å². The van der Waals surface area contributed by atoms with Crippen molar-refractivity contribution in [1.82, 2.24) is 0 Å². The third-order valence-electron chi connectivity index (χ3n) is 8.56. The molecule has 0 bridgehead atoms. The predicted molar refractivity (Wildman–Crippen MR) is 125 cm³/mol. The maximum Gasteiger partial charge on any atom is 0.341 e. The Hall–Kier alpha value is -3.16. The van der Waals surface area contributed by atoms with Gasteiger partial charge in [0, 0.05) is 23.9 Å². The molecule has 184 valence electrons. The van der Waals surface area contributed by atoms with Crippen molar-refractivity contribution in [3.8, 4) is 0 Å². The molecule has 8 heteroatoms. The highest BCUT2D eigenvalue weighted by Crippen LogP contribution is 2.63. The van der Waals surface area contributed by atoms with Crippen LogP contribution in [0.15, 0.2) is 34.9 Å². The number of carbonyl (C=O) groups excluding carboxylic acids is 3. The van der Waals surface area contributed by atoms with Crippen LogP contribution in [0.1, 0.15) is 82.3 Å². The van der Waals surface area contributed by atoms with Crippen molar-refractivity contribution in [2.24, 2.45) is 5.73 Å². The number of Topliss-reactive ketones (excluding diaryl/α,β-unsaturated/α-hetero) is 1. The number of allylic oxidation sites excluding steroid dienone is 1. The summed E-state index contributed by atoms with van der Waals surface area (Å²) in [4.78, 5) is 43.6. The molecule has 3 aliphatic heterocycles. The van der Waals surface area contributed by atoms with Crippen LogP contribution in [0.5, 0.6) is 0 Å². The number of anilines is 1. The van der Waals surface area contributed by atoms with Crippen molar-refractivity contribution in [2.45, 2.75) is 82.1 Å². The number of fused-ring (bicyclic) bond motifs is 3. The molecule has 0 saturated heterocycles. The van der Waals surface area contributed by atoms with Crippen molar-refractivity contribution in [1.29, 1.82) is 0 Å². The number of hydrogen-bond donors (Lipinski definition) is 1. The summed E-state index contributed by atoms with van der Waals surface area (Å²) in [5.41, 5.74) is 5.60. The van der Waals surface area contributed by atoms with Gasteiger partial charge >= 0.3 is 5.97 Å². The number of benzene rings is 1. The Morgan fingerprint density at radius 1 is 1.23 bits per heavy atom. The summed E-state index contributed by atoms with van der Waals surface area (Å²) in [7, 11) is 0. The monoisotopic (exact) mass is 480 g/mol. The highest BCUT2D eigenvalue weighted by Gasteiger charge is 2.68. The van der Waals surface area contributed by atoms with Gasteiger partial charge in [0.05, 0.1) is 17.9 Å². The molecule has 2 aliphatic carbocycles. The summed E-state index contributed by atoms with van der Waals surface area (Å²) in [5.74, 6) is -1.97. The topological polar surface area (TPSA) is 98.9 Å². The zero-order chi connectivity index (χ0) is 24.7. The van der Waals surface area contributed by atoms with E-state index in [2.05, 4.69) is 6.92 Å². The number of nitrogens with two attached hydrogens (primary N) is 1. The van der Waals surface area contributed by atoms with Gasteiger partial charge in [0.1, 0.15) is 22.6 Å². The van der Waals surface area contributed by atoms with E-state index in [0.29, 0.717) is 36.3 Å². The predicted octanol–water partition coefficient (Wildman–Crippen LogP) is 4.00. The molecule has 1 saturated carbocycles. The second kappa shape index (κ2) is 7.42. The molecule has 1 fully saturated rings. The quantitative estimate of drug-likeness (QED) is 0.643. The number of hydrogen-bond acceptors (Lipinski definition) is 6. The van der Waals surface area contributed by atoms with Gasteiger partial charge in [0.15, 0.2) is 5.78 Å². The van der Waals surface area contributed by atoms with E-state index in [0.717, 1.165) is 31.2 Å². The Kier molecular flexibility index (Phi) is 4.73. The first-order chi connectivity index (χ1) is 16.8. The van der Waals surface area contributed by atoms with Crippen LogP contribution in [-0.4, -0.2) is 29.8 Å². The molecular formula is C27H29FN2O5. The van der Waals surface area contributed by atoms with E-state index in [9.17, 15) is 14.4 Å². The van der Waals surface area contributed by atoms with Crippen molar-refractivity contribution < 1.29 is 28.2 Å². The fraction of sp³-hybridized carbons (Fsp3) is 0.519. The fourth-order valence-electron chi connectivity index (χ4n) is 7.37. The number of ketones is 1. The summed E-state index contributed by atoms with van der Waals surface area (Å²) in [6.45, 7) is 3.75. The maximum atomic E-state index is 15.2. The van der Waals surface area contributed by atoms with E-state index in [-0.39, 0.29) is 41.8 Å². The average molecular weight is 481 g/mol. The lowest BCUT2D eigenvalue weighted by Gasteiger charge is -2.47. The largest absolute Gasteiger partial charge is 0.462 e. The molecule has 3 heterocycles. The van der Waals surface area contributed by atoms with Gasteiger partial charge in [-0.15, -0.1) is 0 Å². The minimum Gasteiger partial charge on any atom is -0.462 e. The highest BCUT2D eigenvalue weighted by molar-refractivity contribution is 6.24. The Morgan fingerprint density at radius 2 is 1.97 bits per heavy atom. The number of carbonyl (C=O) groups is 3. The fourth-order valence-corrected chi connectivity index (χ4v) is 7.37. The Labute approximate surface area is 203 Å². The van der Waals surface area contributed by atoms with Gasteiger partial charge in [-0.2, -0.15) is 0 Å².